The maximum Gasteiger partial charge on any atom is 0.240 e. The molecule has 2 heterocycles. The number of aryl methyl sites for hydroxylation is 1. The molecule has 0 aliphatic carbocycles. The van der Waals surface area contributed by atoms with Crippen molar-refractivity contribution in [1.82, 2.24) is 15.0 Å². The van der Waals surface area contributed by atoms with Gasteiger partial charge >= 0.3 is 0 Å². The van der Waals surface area contributed by atoms with Crippen LogP contribution in [0, 0.1) is 0 Å². The van der Waals surface area contributed by atoms with Gasteiger partial charge in [-0.1, -0.05) is 12.1 Å². The average Bonchev–Trinajstić information content (AvgIpc) is 2.80. The first-order valence-electron chi connectivity index (χ1n) is 6.01. The second-order valence-corrected chi connectivity index (χ2v) is 4.37. The molecule has 2 unspecified atom stereocenters. The lowest BCUT2D eigenvalue weighted by Gasteiger charge is -2.36. The van der Waals surface area contributed by atoms with Gasteiger partial charge in [-0.05, 0) is 6.92 Å². The van der Waals surface area contributed by atoms with Crippen molar-refractivity contribution in [3.8, 4) is 0 Å². The molecule has 6 heteroatoms. The summed E-state index contributed by atoms with van der Waals surface area (Å²) in [5, 5.41) is 13.0. The van der Waals surface area contributed by atoms with E-state index < -0.39 is 0 Å². The number of rotatable bonds is 4. The minimum atomic E-state index is -0.111. The van der Waals surface area contributed by atoms with E-state index in [1.807, 2.05) is 6.92 Å². The van der Waals surface area contributed by atoms with Crippen LogP contribution in [0.4, 0.5) is 0 Å². The van der Waals surface area contributed by atoms with Crippen LogP contribution in [-0.4, -0.2) is 52.1 Å². The lowest BCUT2D eigenvalue weighted by atomic mass is 10.2. The molecule has 1 aliphatic rings. The van der Waals surface area contributed by atoms with E-state index in [9.17, 15) is 0 Å². The monoisotopic (exact) mass is 241 g/mol. The highest BCUT2D eigenvalue weighted by molar-refractivity contribution is 4.88. The lowest BCUT2D eigenvalue weighted by molar-refractivity contribution is -0.0827. The van der Waals surface area contributed by atoms with E-state index in [0.29, 0.717) is 31.6 Å². The molecule has 2 rings (SSSR count). The molecule has 2 atom stereocenters. The molecular formula is C11H19N3O3. The van der Waals surface area contributed by atoms with Gasteiger partial charge in [-0.3, -0.25) is 4.90 Å². The number of nitrogens with zero attached hydrogens (tertiary/aromatic N) is 3. The van der Waals surface area contributed by atoms with Crippen LogP contribution in [0.15, 0.2) is 4.52 Å². The zero-order valence-corrected chi connectivity index (χ0v) is 10.3. The Hall–Kier alpha value is -0.980. The Morgan fingerprint density at radius 2 is 2.35 bits per heavy atom. The van der Waals surface area contributed by atoms with E-state index in [0.717, 1.165) is 12.2 Å². The Kier molecular flexibility index (Phi) is 4.09. The Morgan fingerprint density at radius 1 is 1.53 bits per heavy atom. The second kappa shape index (κ2) is 5.57. The van der Waals surface area contributed by atoms with E-state index in [4.69, 9.17) is 14.4 Å². The summed E-state index contributed by atoms with van der Waals surface area (Å²) in [7, 11) is 0. The first-order valence-corrected chi connectivity index (χ1v) is 6.01. The van der Waals surface area contributed by atoms with Crippen molar-refractivity contribution in [2.24, 2.45) is 0 Å². The number of hydrogen-bond acceptors (Lipinski definition) is 6. The molecule has 0 spiro atoms. The van der Waals surface area contributed by atoms with Gasteiger partial charge in [-0.15, -0.1) is 0 Å². The molecule has 17 heavy (non-hydrogen) atoms. The summed E-state index contributed by atoms with van der Waals surface area (Å²) in [6.45, 7) is 6.07. The summed E-state index contributed by atoms with van der Waals surface area (Å²) in [5.74, 6) is 1.37. The lowest BCUT2D eigenvalue weighted by Crippen LogP contribution is -2.48. The molecule has 1 N–H and O–H groups in total. The fourth-order valence-corrected chi connectivity index (χ4v) is 1.88. The standard InChI is InChI=1S/C11H19N3O3/c1-3-10-12-11(17-13-10)5-14-4-9(6-15)16-7-8(14)2/h8-9,15H,3-7H2,1-2H3. The maximum absolute atomic E-state index is 9.10. The van der Waals surface area contributed by atoms with Crippen molar-refractivity contribution >= 4 is 0 Å². The van der Waals surface area contributed by atoms with Crippen LogP contribution in [0.25, 0.3) is 0 Å². The molecular weight excluding hydrogens is 222 g/mol. The van der Waals surface area contributed by atoms with Crippen molar-refractivity contribution in [2.45, 2.75) is 39.0 Å². The van der Waals surface area contributed by atoms with E-state index in [1.165, 1.54) is 0 Å². The summed E-state index contributed by atoms with van der Waals surface area (Å²) in [5.41, 5.74) is 0. The van der Waals surface area contributed by atoms with E-state index in [-0.39, 0.29) is 12.7 Å². The SMILES string of the molecule is CCc1noc(CN2CC(CO)OCC2C)n1. The second-order valence-electron chi connectivity index (χ2n) is 4.37. The van der Waals surface area contributed by atoms with Gasteiger partial charge in [0, 0.05) is 19.0 Å². The van der Waals surface area contributed by atoms with Gasteiger partial charge in [0.2, 0.25) is 5.89 Å². The van der Waals surface area contributed by atoms with Crippen LogP contribution >= 0.6 is 0 Å². The van der Waals surface area contributed by atoms with Gasteiger partial charge in [0.05, 0.1) is 25.9 Å². The number of ether oxygens (including phenoxy) is 1. The first-order chi connectivity index (χ1) is 8.22. The molecule has 1 fully saturated rings. The maximum atomic E-state index is 9.10. The molecule has 0 aromatic carbocycles. The number of aliphatic hydroxyl groups is 1. The number of morpholine rings is 1. The van der Waals surface area contributed by atoms with Gasteiger partial charge < -0.3 is 14.4 Å². The Balaban J connectivity index is 1.96. The molecule has 6 nitrogen and oxygen atoms in total. The zero-order valence-electron chi connectivity index (χ0n) is 10.3. The van der Waals surface area contributed by atoms with Crippen molar-refractivity contribution in [1.29, 1.82) is 0 Å². The molecule has 0 bridgehead atoms. The van der Waals surface area contributed by atoms with Gasteiger partial charge in [0.15, 0.2) is 5.82 Å². The molecule has 1 aromatic rings. The fraction of sp³-hybridized carbons (Fsp3) is 0.818. The number of aliphatic hydroxyl groups excluding tert-OH is 1. The van der Waals surface area contributed by atoms with Gasteiger partial charge in [0.1, 0.15) is 0 Å². The van der Waals surface area contributed by atoms with Crippen LogP contribution in [0.5, 0.6) is 0 Å². The van der Waals surface area contributed by atoms with Crippen molar-refractivity contribution < 1.29 is 14.4 Å². The Morgan fingerprint density at radius 3 is 3.00 bits per heavy atom. The van der Waals surface area contributed by atoms with E-state index in [2.05, 4.69) is 22.0 Å². The van der Waals surface area contributed by atoms with Crippen LogP contribution in [0.2, 0.25) is 0 Å². The van der Waals surface area contributed by atoms with Gasteiger partial charge in [0.25, 0.3) is 0 Å². The predicted octanol–water partition coefficient (Wildman–Crippen LogP) is 0.214. The van der Waals surface area contributed by atoms with Crippen LogP contribution in [0.3, 0.4) is 0 Å². The minimum Gasteiger partial charge on any atom is -0.394 e. The quantitative estimate of drug-likeness (QED) is 0.812. The van der Waals surface area contributed by atoms with Crippen molar-refractivity contribution in [2.75, 3.05) is 19.8 Å². The number of aromatic nitrogens is 2. The van der Waals surface area contributed by atoms with Crippen LogP contribution < -0.4 is 0 Å². The minimum absolute atomic E-state index is 0.0489. The molecule has 0 amide bonds. The topological polar surface area (TPSA) is 71.6 Å². The van der Waals surface area contributed by atoms with E-state index in [1.54, 1.807) is 0 Å². The zero-order chi connectivity index (χ0) is 12.3. The number of hydrogen-bond donors (Lipinski definition) is 1. The van der Waals surface area contributed by atoms with Gasteiger partial charge in [-0.25, -0.2) is 0 Å². The largest absolute Gasteiger partial charge is 0.394 e. The smallest absolute Gasteiger partial charge is 0.240 e. The first kappa shape index (κ1) is 12.5. The molecule has 1 aromatic heterocycles. The highest BCUT2D eigenvalue weighted by Crippen LogP contribution is 2.14. The Labute approximate surface area is 101 Å². The predicted molar refractivity (Wildman–Crippen MR) is 60.4 cm³/mol. The summed E-state index contributed by atoms with van der Waals surface area (Å²) >= 11 is 0. The van der Waals surface area contributed by atoms with E-state index >= 15 is 0 Å². The fourth-order valence-electron chi connectivity index (χ4n) is 1.88. The summed E-state index contributed by atoms with van der Waals surface area (Å²) in [4.78, 5) is 6.48. The third-order valence-electron chi connectivity index (χ3n) is 3.00. The molecule has 96 valence electrons. The van der Waals surface area contributed by atoms with Crippen molar-refractivity contribution in [3.05, 3.63) is 11.7 Å². The third-order valence-corrected chi connectivity index (χ3v) is 3.00. The molecule has 1 saturated heterocycles. The normalized spacial score (nSPS) is 26.3. The third kappa shape index (κ3) is 3.02. The highest BCUT2D eigenvalue weighted by atomic mass is 16.5. The average molecular weight is 241 g/mol. The Bertz CT molecular complexity index is 355. The summed E-state index contributed by atoms with van der Waals surface area (Å²) in [6.07, 6.45) is 0.668. The van der Waals surface area contributed by atoms with Crippen LogP contribution in [0.1, 0.15) is 25.6 Å². The van der Waals surface area contributed by atoms with Crippen LogP contribution in [-0.2, 0) is 17.7 Å². The van der Waals surface area contributed by atoms with Gasteiger partial charge in [-0.2, -0.15) is 4.98 Å². The highest BCUT2D eigenvalue weighted by Gasteiger charge is 2.26. The summed E-state index contributed by atoms with van der Waals surface area (Å²) in [6, 6.07) is 0.301. The van der Waals surface area contributed by atoms with Crippen molar-refractivity contribution in [3.63, 3.8) is 0 Å². The summed E-state index contributed by atoms with van der Waals surface area (Å²) < 4.78 is 10.6. The molecule has 1 aliphatic heterocycles. The molecule has 0 saturated carbocycles. The molecule has 0 radical (unpaired) electrons.